The molecular formula is C13H22O. The molecule has 0 fully saturated rings. The lowest BCUT2D eigenvalue weighted by atomic mass is 10.0. The lowest BCUT2D eigenvalue weighted by Crippen LogP contribution is -1.93. The summed E-state index contributed by atoms with van der Waals surface area (Å²) in [5.74, 6) is 2.02. The Morgan fingerprint density at radius 3 is 2.64 bits per heavy atom. The second kappa shape index (κ2) is 5.23. The molecule has 0 saturated heterocycles. The van der Waals surface area contributed by atoms with Gasteiger partial charge in [-0.25, -0.2) is 0 Å². The molecule has 1 heteroatoms. The average Bonchev–Trinajstić information content (AvgIpc) is 2.46. The van der Waals surface area contributed by atoms with Gasteiger partial charge < -0.3 is 4.42 Å². The van der Waals surface area contributed by atoms with Crippen LogP contribution in [0.4, 0.5) is 0 Å². The van der Waals surface area contributed by atoms with Crippen molar-refractivity contribution in [3.8, 4) is 0 Å². The number of hydrogen-bond acceptors (Lipinski definition) is 1. The van der Waals surface area contributed by atoms with Gasteiger partial charge in [-0.15, -0.1) is 0 Å². The summed E-state index contributed by atoms with van der Waals surface area (Å²) >= 11 is 0. The number of hydrogen-bond donors (Lipinski definition) is 0. The van der Waals surface area contributed by atoms with Crippen LogP contribution in [0.5, 0.6) is 0 Å². The first kappa shape index (κ1) is 11.4. The Balaban J connectivity index is 2.50. The fourth-order valence-electron chi connectivity index (χ4n) is 1.88. The molecule has 0 aromatic carbocycles. The molecule has 0 aliphatic carbocycles. The minimum Gasteiger partial charge on any atom is -0.469 e. The van der Waals surface area contributed by atoms with E-state index in [9.17, 15) is 0 Å². The van der Waals surface area contributed by atoms with Crippen LogP contribution in [0.2, 0.25) is 0 Å². The van der Waals surface area contributed by atoms with Crippen molar-refractivity contribution < 1.29 is 4.42 Å². The molecule has 1 aromatic heterocycles. The fourth-order valence-corrected chi connectivity index (χ4v) is 1.88. The van der Waals surface area contributed by atoms with Crippen molar-refractivity contribution >= 4 is 0 Å². The molecule has 0 radical (unpaired) electrons. The normalized spacial score (nSPS) is 11.2. The zero-order valence-corrected chi connectivity index (χ0v) is 9.89. The summed E-state index contributed by atoms with van der Waals surface area (Å²) < 4.78 is 5.57. The van der Waals surface area contributed by atoms with Gasteiger partial charge in [0.15, 0.2) is 0 Å². The lowest BCUT2D eigenvalue weighted by Gasteiger charge is -2.04. The topological polar surface area (TPSA) is 13.1 Å². The van der Waals surface area contributed by atoms with E-state index in [1.165, 1.54) is 29.7 Å². The first-order chi connectivity index (χ1) is 6.65. The van der Waals surface area contributed by atoms with Crippen LogP contribution in [-0.2, 0) is 12.8 Å². The van der Waals surface area contributed by atoms with E-state index in [1.54, 1.807) is 0 Å². The molecule has 1 rings (SSSR count). The molecule has 80 valence electrons. The molecule has 1 heterocycles. The van der Waals surface area contributed by atoms with E-state index < -0.39 is 0 Å². The molecule has 0 bridgehead atoms. The van der Waals surface area contributed by atoms with Gasteiger partial charge in [-0.1, -0.05) is 27.2 Å². The van der Waals surface area contributed by atoms with Gasteiger partial charge >= 0.3 is 0 Å². The third-order valence-corrected chi connectivity index (χ3v) is 2.73. The second-order valence-electron chi connectivity index (χ2n) is 4.46. The van der Waals surface area contributed by atoms with Gasteiger partial charge in [-0.3, -0.25) is 0 Å². The smallest absolute Gasteiger partial charge is 0.107 e. The molecule has 0 unspecified atom stereocenters. The number of aryl methyl sites for hydroxylation is 2. The predicted octanol–water partition coefficient (Wildman–Crippen LogP) is 4.13. The molecular weight excluding hydrogens is 172 g/mol. The monoisotopic (exact) mass is 194 g/mol. The zero-order valence-electron chi connectivity index (χ0n) is 9.89. The van der Waals surface area contributed by atoms with E-state index >= 15 is 0 Å². The highest BCUT2D eigenvalue weighted by Gasteiger charge is 2.08. The SMILES string of the molecule is CCc1c(C)coc1CCCC(C)C. The van der Waals surface area contributed by atoms with E-state index in [4.69, 9.17) is 4.42 Å². The van der Waals surface area contributed by atoms with E-state index in [2.05, 4.69) is 27.7 Å². The fraction of sp³-hybridized carbons (Fsp3) is 0.692. The summed E-state index contributed by atoms with van der Waals surface area (Å²) in [5, 5.41) is 0. The third-order valence-electron chi connectivity index (χ3n) is 2.73. The number of furan rings is 1. The highest BCUT2D eigenvalue weighted by Crippen LogP contribution is 2.20. The summed E-state index contributed by atoms with van der Waals surface area (Å²) in [7, 11) is 0. The highest BCUT2D eigenvalue weighted by molar-refractivity contribution is 5.26. The summed E-state index contributed by atoms with van der Waals surface area (Å²) in [6.07, 6.45) is 6.64. The first-order valence-corrected chi connectivity index (χ1v) is 5.71. The second-order valence-corrected chi connectivity index (χ2v) is 4.46. The summed E-state index contributed by atoms with van der Waals surface area (Å²) in [6.45, 7) is 8.88. The van der Waals surface area contributed by atoms with Crippen molar-refractivity contribution in [2.75, 3.05) is 0 Å². The van der Waals surface area contributed by atoms with Gasteiger partial charge in [0.2, 0.25) is 0 Å². The molecule has 1 aromatic rings. The van der Waals surface area contributed by atoms with Crippen molar-refractivity contribution in [2.45, 2.75) is 53.4 Å². The van der Waals surface area contributed by atoms with Crippen LogP contribution in [0, 0.1) is 12.8 Å². The van der Waals surface area contributed by atoms with Gasteiger partial charge in [0.25, 0.3) is 0 Å². The Morgan fingerprint density at radius 2 is 2.07 bits per heavy atom. The summed E-state index contributed by atoms with van der Waals surface area (Å²) in [4.78, 5) is 0. The maximum absolute atomic E-state index is 5.57. The quantitative estimate of drug-likeness (QED) is 0.687. The van der Waals surface area contributed by atoms with Crippen LogP contribution in [0.15, 0.2) is 10.7 Å². The van der Waals surface area contributed by atoms with Crippen LogP contribution in [0.25, 0.3) is 0 Å². The molecule has 0 atom stereocenters. The third kappa shape index (κ3) is 2.90. The van der Waals surface area contributed by atoms with Crippen molar-refractivity contribution in [3.63, 3.8) is 0 Å². The van der Waals surface area contributed by atoms with Crippen LogP contribution < -0.4 is 0 Å². The molecule has 1 nitrogen and oxygen atoms in total. The summed E-state index contributed by atoms with van der Waals surface area (Å²) in [5.41, 5.74) is 2.74. The van der Waals surface area contributed by atoms with Gasteiger partial charge in [0.05, 0.1) is 6.26 Å². The van der Waals surface area contributed by atoms with Gasteiger partial charge in [0.1, 0.15) is 5.76 Å². The first-order valence-electron chi connectivity index (χ1n) is 5.71. The average molecular weight is 194 g/mol. The van der Waals surface area contributed by atoms with Crippen LogP contribution in [0.1, 0.15) is 50.5 Å². The molecule has 0 N–H and O–H groups in total. The Kier molecular flexibility index (Phi) is 4.24. The van der Waals surface area contributed by atoms with E-state index in [1.807, 2.05) is 6.26 Å². The summed E-state index contributed by atoms with van der Waals surface area (Å²) in [6, 6.07) is 0. The molecule has 14 heavy (non-hydrogen) atoms. The van der Waals surface area contributed by atoms with Crippen molar-refractivity contribution in [3.05, 3.63) is 23.2 Å². The Morgan fingerprint density at radius 1 is 1.36 bits per heavy atom. The standard InChI is InChI=1S/C13H22O/c1-5-12-11(4)9-14-13(12)8-6-7-10(2)3/h9-10H,5-8H2,1-4H3. The highest BCUT2D eigenvalue weighted by atomic mass is 16.3. The van der Waals surface area contributed by atoms with Gasteiger partial charge in [0, 0.05) is 6.42 Å². The molecule has 0 aliphatic heterocycles. The van der Waals surface area contributed by atoms with E-state index in [0.29, 0.717) is 0 Å². The van der Waals surface area contributed by atoms with Crippen molar-refractivity contribution in [1.29, 1.82) is 0 Å². The maximum Gasteiger partial charge on any atom is 0.107 e. The van der Waals surface area contributed by atoms with Crippen molar-refractivity contribution in [2.24, 2.45) is 5.92 Å². The van der Waals surface area contributed by atoms with Crippen LogP contribution >= 0.6 is 0 Å². The van der Waals surface area contributed by atoms with Crippen molar-refractivity contribution in [1.82, 2.24) is 0 Å². The molecule has 0 aliphatic rings. The Bertz CT molecular complexity index is 271. The minimum atomic E-state index is 0.802. The largest absolute Gasteiger partial charge is 0.469 e. The molecule has 0 saturated carbocycles. The van der Waals surface area contributed by atoms with Crippen LogP contribution in [-0.4, -0.2) is 0 Å². The Labute approximate surface area is 87.5 Å². The van der Waals surface area contributed by atoms with Crippen LogP contribution in [0.3, 0.4) is 0 Å². The maximum atomic E-state index is 5.57. The van der Waals surface area contributed by atoms with Gasteiger partial charge in [-0.05, 0) is 36.8 Å². The lowest BCUT2D eigenvalue weighted by molar-refractivity contribution is 0.474. The number of rotatable bonds is 5. The molecule has 0 amide bonds. The predicted molar refractivity (Wildman–Crippen MR) is 60.6 cm³/mol. The van der Waals surface area contributed by atoms with E-state index in [-0.39, 0.29) is 0 Å². The molecule has 0 spiro atoms. The Hall–Kier alpha value is -0.720. The van der Waals surface area contributed by atoms with E-state index in [0.717, 1.165) is 18.8 Å². The zero-order chi connectivity index (χ0) is 10.6. The minimum absolute atomic E-state index is 0.802. The van der Waals surface area contributed by atoms with Gasteiger partial charge in [-0.2, -0.15) is 0 Å².